The van der Waals surface area contributed by atoms with Crippen LogP contribution in [0.3, 0.4) is 0 Å². The molecular formula is C14H24N2O. The van der Waals surface area contributed by atoms with Crippen LogP contribution >= 0.6 is 0 Å². The topological polar surface area (TPSA) is 48.1 Å². The molecule has 0 atom stereocenters. The molecule has 2 N–H and O–H groups in total. The van der Waals surface area contributed by atoms with Crippen LogP contribution in [0.4, 0.5) is 0 Å². The maximum Gasteiger partial charge on any atom is 0.142 e. The molecule has 0 spiro atoms. The van der Waals surface area contributed by atoms with E-state index in [2.05, 4.69) is 11.9 Å². The summed E-state index contributed by atoms with van der Waals surface area (Å²) in [4.78, 5) is 4.05. The second-order valence-corrected chi connectivity index (χ2v) is 4.30. The Balaban J connectivity index is 2.13. The lowest BCUT2D eigenvalue weighted by Gasteiger charge is -2.09. The van der Waals surface area contributed by atoms with Gasteiger partial charge in [-0.05, 0) is 12.5 Å². The average Bonchev–Trinajstić information content (AvgIpc) is 2.38. The summed E-state index contributed by atoms with van der Waals surface area (Å²) in [6.45, 7) is 3.51. The van der Waals surface area contributed by atoms with E-state index in [0.717, 1.165) is 24.3 Å². The summed E-state index contributed by atoms with van der Waals surface area (Å²) in [5.74, 6) is 0.837. The van der Waals surface area contributed by atoms with E-state index in [1.165, 1.54) is 32.1 Å². The second kappa shape index (κ2) is 8.99. The molecule has 1 heterocycles. The number of nitrogens with zero attached hydrogens (tertiary/aromatic N) is 1. The first-order valence-corrected chi connectivity index (χ1v) is 6.64. The summed E-state index contributed by atoms with van der Waals surface area (Å²) in [7, 11) is 0. The molecule has 0 aromatic carbocycles. The fourth-order valence-electron chi connectivity index (χ4n) is 1.77. The second-order valence-electron chi connectivity index (χ2n) is 4.30. The predicted octanol–water partition coefficient (Wildman–Crippen LogP) is 3.28. The average molecular weight is 236 g/mol. The van der Waals surface area contributed by atoms with E-state index in [4.69, 9.17) is 10.5 Å². The summed E-state index contributed by atoms with van der Waals surface area (Å²) in [5, 5.41) is 0. The minimum absolute atomic E-state index is 0.508. The SMILES string of the molecule is CCCCCCCCOc1cnccc1CN. The van der Waals surface area contributed by atoms with Crippen molar-refractivity contribution in [2.45, 2.75) is 52.0 Å². The van der Waals surface area contributed by atoms with Crippen molar-refractivity contribution in [3.63, 3.8) is 0 Å². The van der Waals surface area contributed by atoms with Crippen LogP contribution in [0.15, 0.2) is 18.5 Å². The van der Waals surface area contributed by atoms with E-state index in [0.29, 0.717) is 6.54 Å². The Labute approximate surface area is 104 Å². The standard InChI is InChI=1S/C14H24N2O/c1-2-3-4-5-6-7-10-17-14-12-16-9-8-13(14)11-15/h8-9,12H,2-7,10-11,15H2,1H3. The Hall–Kier alpha value is -1.09. The zero-order chi connectivity index (χ0) is 12.3. The largest absolute Gasteiger partial charge is 0.492 e. The molecular weight excluding hydrogens is 212 g/mol. The molecule has 0 radical (unpaired) electrons. The third-order valence-electron chi connectivity index (χ3n) is 2.85. The molecule has 0 aliphatic carbocycles. The fraction of sp³-hybridized carbons (Fsp3) is 0.643. The van der Waals surface area contributed by atoms with Gasteiger partial charge in [0.25, 0.3) is 0 Å². The van der Waals surface area contributed by atoms with Gasteiger partial charge in [0.2, 0.25) is 0 Å². The monoisotopic (exact) mass is 236 g/mol. The first-order valence-electron chi connectivity index (χ1n) is 6.64. The van der Waals surface area contributed by atoms with Crippen LogP contribution in [0, 0.1) is 0 Å². The third-order valence-corrected chi connectivity index (χ3v) is 2.85. The molecule has 0 saturated heterocycles. The van der Waals surface area contributed by atoms with Crippen LogP contribution in [0.5, 0.6) is 5.75 Å². The highest BCUT2D eigenvalue weighted by Crippen LogP contribution is 2.16. The Bertz CT molecular complexity index is 302. The summed E-state index contributed by atoms with van der Waals surface area (Å²) >= 11 is 0. The van der Waals surface area contributed by atoms with Crippen molar-refractivity contribution in [3.05, 3.63) is 24.0 Å². The number of rotatable bonds is 9. The van der Waals surface area contributed by atoms with Crippen molar-refractivity contribution in [3.8, 4) is 5.75 Å². The van der Waals surface area contributed by atoms with Crippen LogP contribution in [0.1, 0.15) is 51.0 Å². The van der Waals surface area contributed by atoms with E-state index in [-0.39, 0.29) is 0 Å². The lowest BCUT2D eigenvalue weighted by atomic mass is 10.1. The van der Waals surface area contributed by atoms with Crippen molar-refractivity contribution in [1.29, 1.82) is 0 Å². The van der Waals surface area contributed by atoms with E-state index < -0.39 is 0 Å². The number of hydrogen-bond donors (Lipinski definition) is 1. The molecule has 0 aliphatic heterocycles. The minimum atomic E-state index is 0.508. The van der Waals surface area contributed by atoms with Gasteiger partial charge < -0.3 is 10.5 Å². The molecule has 1 aromatic heterocycles. The van der Waals surface area contributed by atoms with Gasteiger partial charge in [0.1, 0.15) is 5.75 Å². The van der Waals surface area contributed by atoms with E-state index in [1.807, 2.05) is 6.07 Å². The molecule has 0 fully saturated rings. The molecule has 0 amide bonds. The van der Waals surface area contributed by atoms with E-state index >= 15 is 0 Å². The molecule has 96 valence electrons. The maximum atomic E-state index is 5.69. The molecule has 3 nitrogen and oxygen atoms in total. The Morgan fingerprint density at radius 3 is 2.71 bits per heavy atom. The van der Waals surface area contributed by atoms with Gasteiger partial charge in [-0.15, -0.1) is 0 Å². The summed E-state index contributed by atoms with van der Waals surface area (Å²) < 4.78 is 5.69. The van der Waals surface area contributed by atoms with E-state index in [1.54, 1.807) is 12.4 Å². The predicted molar refractivity (Wildman–Crippen MR) is 71.0 cm³/mol. The van der Waals surface area contributed by atoms with Gasteiger partial charge >= 0.3 is 0 Å². The Kier molecular flexibility index (Phi) is 7.39. The lowest BCUT2D eigenvalue weighted by molar-refractivity contribution is 0.300. The highest BCUT2D eigenvalue weighted by atomic mass is 16.5. The van der Waals surface area contributed by atoms with Crippen LogP contribution in [0.25, 0.3) is 0 Å². The van der Waals surface area contributed by atoms with Crippen LogP contribution in [-0.2, 0) is 6.54 Å². The van der Waals surface area contributed by atoms with Gasteiger partial charge in [0.05, 0.1) is 12.8 Å². The normalized spacial score (nSPS) is 10.5. The first kappa shape index (κ1) is 14.0. The molecule has 0 unspecified atom stereocenters. The summed E-state index contributed by atoms with van der Waals surface area (Å²) in [6.07, 6.45) is 11.2. The van der Waals surface area contributed by atoms with Gasteiger partial charge in [0, 0.05) is 18.3 Å². The Morgan fingerprint density at radius 1 is 1.18 bits per heavy atom. The van der Waals surface area contributed by atoms with Gasteiger partial charge in [-0.3, -0.25) is 4.98 Å². The van der Waals surface area contributed by atoms with Crippen LogP contribution < -0.4 is 10.5 Å². The highest BCUT2D eigenvalue weighted by molar-refractivity contribution is 5.29. The molecule has 1 rings (SSSR count). The van der Waals surface area contributed by atoms with E-state index in [9.17, 15) is 0 Å². The molecule has 17 heavy (non-hydrogen) atoms. The number of hydrogen-bond acceptors (Lipinski definition) is 3. The van der Waals surface area contributed by atoms with Gasteiger partial charge in [-0.2, -0.15) is 0 Å². The Morgan fingerprint density at radius 2 is 1.94 bits per heavy atom. The molecule has 0 bridgehead atoms. The molecule has 0 aliphatic rings. The van der Waals surface area contributed by atoms with Crippen LogP contribution in [-0.4, -0.2) is 11.6 Å². The zero-order valence-corrected chi connectivity index (χ0v) is 10.8. The lowest BCUT2D eigenvalue weighted by Crippen LogP contribution is -2.04. The quantitative estimate of drug-likeness (QED) is 0.669. The molecule has 1 aromatic rings. The number of nitrogens with two attached hydrogens (primary N) is 1. The van der Waals surface area contributed by atoms with Crippen molar-refractivity contribution in [2.24, 2.45) is 5.73 Å². The summed E-state index contributed by atoms with van der Waals surface area (Å²) in [6, 6.07) is 1.91. The van der Waals surface area contributed by atoms with Gasteiger partial charge in [0.15, 0.2) is 0 Å². The number of pyridine rings is 1. The molecule has 0 saturated carbocycles. The maximum absolute atomic E-state index is 5.69. The van der Waals surface area contributed by atoms with Gasteiger partial charge in [-0.1, -0.05) is 39.0 Å². The highest BCUT2D eigenvalue weighted by Gasteiger charge is 2.00. The van der Waals surface area contributed by atoms with Crippen molar-refractivity contribution < 1.29 is 4.74 Å². The van der Waals surface area contributed by atoms with Crippen molar-refractivity contribution >= 4 is 0 Å². The first-order chi connectivity index (χ1) is 8.38. The van der Waals surface area contributed by atoms with Gasteiger partial charge in [-0.25, -0.2) is 0 Å². The number of ether oxygens (including phenoxy) is 1. The van der Waals surface area contributed by atoms with Crippen molar-refractivity contribution in [2.75, 3.05) is 6.61 Å². The molecule has 3 heteroatoms. The van der Waals surface area contributed by atoms with Crippen molar-refractivity contribution in [1.82, 2.24) is 4.98 Å². The third kappa shape index (κ3) is 5.68. The fourth-order valence-corrected chi connectivity index (χ4v) is 1.77. The smallest absolute Gasteiger partial charge is 0.142 e. The number of unbranched alkanes of at least 4 members (excludes halogenated alkanes) is 5. The summed E-state index contributed by atoms with van der Waals surface area (Å²) in [5.41, 5.74) is 6.66. The van der Waals surface area contributed by atoms with Crippen LogP contribution in [0.2, 0.25) is 0 Å². The minimum Gasteiger partial charge on any atom is -0.492 e. The number of aromatic nitrogens is 1. The zero-order valence-electron chi connectivity index (χ0n) is 10.8.